The Morgan fingerprint density at radius 3 is 3.18 bits per heavy atom. The molecule has 0 saturated carbocycles. The second-order valence-electron chi connectivity index (χ2n) is 4.79. The molecule has 2 aliphatic heterocycles. The Kier molecular flexibility index (Phi) is 2.84. The van der Waals surface area contributed by atoms with Gasteiger partial charge in [-0.1, -0.05) is 0 Å². The Morgan fingerprint density at radius 2 is 2.35 bits per heavy atom. The molecule has 1 N–H and O–H groups in total. The molecule has 2 saturated heterocycles. The van der Waals surface area contributed by atoms with Gasteiger partial charge in [-0.2, -0.15) is 4.98 Å². The number of hydrogen-bond acceptors (Lipinski definition) is 5. The molecule has 3 heterocycles. The van der Waals surface area contributed by atoms with Crippen molar-refractivity contribution in [1.82, 2.24) is 15.3 Å². The number of anilines is 1. The van der Waals surface area contributed by atoms with Crippen LogP contribution in [0.25, 0.3) is 0 Å². The van der Waals surface area contributed by atoms with Gasteiger partial charge in [-0.25, -0.2) is 0 Å². The average Bonchev–Trinajstić information content (AvgIpc) is 2.82. The maximum Gasteiger partial charge on any atom is 0.233 e. The topological polar surface area (TPSA) is 50.3 Å². The van der Waals surface area contributed by atoms with Crippen LogP contribution in [0.1, 0.15) is 12.8 Å². The maximum absolute atomic E-state index is 5.12. The first-order valence-corrected chi connectivity index (χ1v) is 6.21. The lowest BCUT2D eigenvalue weighted by Gasteiger charge is -2.24. The van der Waals surface area contributed by atoms with Crippen LogP contribution in [-0.2, 0) is 0 Å². The van der Waals surface area contributed by atoms with E-state index >= 15 is 0 Å². The number of ether oxygens (including phenoxy) is 1. The quantitative estimate of drug-likeness (QED) is 0.815. The molecule has 0 aromatic carbocycles. The highest BCUT2D eigenvalue weighted by Crippen LogP contribution is 2.28. The SMILES string of the molecule is COc1cncc(N2CC3CCCNC3C2)n1. The van der Waals surface area contributed by atoms with Gasteiger partial charge in [0.2, 0.25) is 5.88 Å². The Balaban J connectivity index is 1.76. The van der Waals surface area contributed by atoms with Crippen LogP contribution in [0.5, 0.6) is 5.88 Å². The van der Waals surface area contributed by atoms with E-state index in [9.17, 15) is 0 Å². The maximum atomic E-state index is 5.12. The second kappa shape index (κ2) is 4.49. The van der Waals surface area contributed by atoms with Crippen LogP contribution in [-0.4, -0.2) is 42.8 Å². The number of nitrogens with one attached hydrogen (secondary N) is 1. The van der Waals surface area contributed by atoms with E-state index in [0.29, 0.717) is 11.9 Å². The smallest absolute Gasteiger partial charge is 0.233 e. The molecule has 2 fully saturated rings. The molecule has 0 aliphatic carbocycles. The third kappa shape index (κ3) is 2.07. The van der Waals surface area contributed by atoms with E-state index in [-0.39, 0.29) is 0 Å². The summed E-state index contributed by atoms with van der Waals surface area (Å²) in [4.78, 5) is 10.9. The van der Waals surface area contributed by atoms with Crippen molar-refractivity contribution in [2.24, 2.45) is 5.92 Å². The minimum Gasteiger partial charge on any atom is -0.480 e. The Bertz CT molecular complexity index is 384. The minimum atomic E-state index is 0.588. The molecule has 2 atom stereocenters. The summed E-state index contributed by atoms with van der Waals surface area (Å²) in [5, 5.41) is 3.59. The fourth-order valence-electron chi connectivity index (χ4n) is 2.82. The minimum absolute atomic E-state index is 0.588. The van der Waals surface area contributed by atoms with E-state index in [1.807, 2.05) is 6.20 Å². The highest BCUT2D eigenvalue weighted by Gasteiger charge is 2.34. The van der Waals surface area contributed by atoms with Crippen molar-refractivity contribution < 1.29 is 4.74 Å². The van der Waals surface area contributed by atoms with Crippen LogP contribution in [0.3, 0.4) is 0 Å². The van der Waals surface area contributed by atoms with Gasteiger partial charge in [0.1, 0.15) is 0 Å². The lowest BCUT2D eigenvalue weighted by Crippen LogP contribution is -2.40. The van der Waals surface area contributed by atoms with E-state index in [1.54, 1.807) is 13.3 Å². The van der Waals surface area contributed by atoms with Crippen LogP contribution in [0.15, 0.2) is 12.4 Å². The highest BCUT2D eigenvalue weighted by atomic mass is 16.5. The molecule has 92 valence electrons. The van der Waals surface area contributed by atoms with E-state index in [1.165, 1.54) is 12.8 Å². The number of hydrogen-bond donors (Lipinski definition) is 1. The third-order valence-electron chi connectivity index (χ3n) is 3.73. The van der Waals surface area contributed by atoms with Crippen molar-refractivity contribution in [2.75, 3.05) is 31.6 Å². The number of nitrogens with zero attached hydrogens (tertiary/aromatic N) is 3. The molecule has 5 nitrogen and oxygen atoms in total. The molecular formula is C12H18N4O. The molecule has 0 radical (unpaired) electrons. The van der Waals surface area contributed by atoms with E-state index < -0.39 is 0 Å². The average molecular weight is 234 g/mol. The predicted molar refractivity (Wildman–Crippen MR) is 65.3 cm³/mol. The van der Waals surface area contributed by atoms with Gasteiger partial charge in [0.15, 0.2) is 5.82 Å². The molecule has 2 aliphatic rings. The van der Waals surface area contributed by atoms with E-state index in [4.69, 9.17) is 4.74 Å². The fraction of sp³-hybridized carbons (Fsp3) is 0.667. The van der Waals surface area contributed by atoms with Gasteiger partial charge >= 0.3 is 0 Å². The summed E-state index contributed by atoms with van der Waals surface area (Å²) in [5.74, 6) is 2.28. The van der Waals surface area contributed by atoms with Crippen LogP contribution in [0, 0.1) is 5.92 Å². The third-order valence-corrected chi connectivity index (χ3v) is 3.73. The first kappa shape index (κ1) is 10.8. The monoisotopic (exact) mass is 234 g/mol. The molecule has 0 spiro atoms. The molecule has 2 unspecified atom stereocenters. The summed E-state index contributed by atoms with van der Waals surface area (Å²) >= 11 is 0. The van der Waals surface area contributed by atoms with Crippen molar-refractivity contribution in [3.63, 3.8) is 0 Å². The number of piperidine rings is 1. The Labute approximate surface area is 101 Å². The van der Waals surface area contributed by atoms with Crippen molar-refractivity contribution in [3.05, 3.63) is 12.4 Å². The summed E-state index contributed by atoms with van der Waals surface area (Å²) in [6.45, 7) is 3.27. The highest BCUT2D eigenvalue weighted by molar-refractivity contribution is 5.40. The van der Waals surface area contributed by atoms with Gasteiger partial charge in [0.25, 0.3) is 0 Å². The van der Waals surface area contributed by atoms with Crippen LogP contribution < -0.4 is 15.0 Å². The van der Waals surface area contributed by atoms with Crippen molar-refractivity contribution in [1.29, 1.82) is 0 Å². The normalized spacial score (nSPS) is 27.9. The van der Waals surface area contributed by atoms with Gasteiger partial charge in [-0.15, -0.1) is 0 Å². The molecule has 0 bridgehead atoms. The zero-order valence-corrected chi connectivity index (χ0v) is 10.1. The predicted octanol–water partition coefficient (Wildman–Crippen LogP) is 0.673. The Hall–Kier alpha value is -1.36. The Morgan fingerprint density at radius 1 is 1.41 bits per heavy atom. The molecular weight excluding hydrogens is 216 g/mol. The van der Waals surface area contributed by atoms with E-state index in [0.717, 1.165) is 31.4 Å². The zero-order chi connectivity index (χ0) is 11.7. The summed E-state index contributed by atoms with van der Waals surface area (Å²) in [5.41, 5.74) is 0. The number of aromatic nitrogens is 2. The van der Waals surface area contributed by atoms with Crippen molar-refractivity contribution in [2.45, 2.75) is 18.9 Å². The lowest BCUT2D eigenvalue weighted by molar-refractivity contribution is 0.340. The van der Waals surface area contributed by atoms with Gasteiger partial charge in [-0.05, 0) is 25.3 Å². The summed E-state index contributed by atoms with van der Waals surface area (Å²) in [6, 6.07) is 0.622. The van der Waals surface area contributed by atoms with Crippen LogP contribution in [0.2, 0.25) is 0 Å². The summed E-state index contributed by atoms with van der Waals surface area (Å²) in [7, 11) is 1.62. The fourth-order valence-corrected chi connectivity index (χ4v) is 2.82. The summed E-state index contributed by atoms with van der Waals surface area (Å²) < 4.78 is 5.12. The molecule has 1 aromatic heterocycles. The number of rotatable bonds is 2. The van der Waals surface area contributed by atoms with Crippen molar-refractivity contribution in [3.8, 4) is 5.88 Å². The second-order valence-corrected chi connectivity index (χ2v) is 4.79. The number of methoxy groups -OCH3 is 1. The lowest BCUT2D eigenvalue weighted by atomic mass is 9.94. The van der Waals surface area contributed by atoms with Crippen molar-refractivity contribution >= 4 is 5.82 Å². The molecule has 0 amide bonds. The molecule has 3 rings (SSSR count). The molecule has 5 heteroatoms. The summed E-state index contributed by atoms with van der Waals surface area (Å²) in [6.07, 6.45) is 6.08. The largest absolute Gasteiger partial charge is 0.480 e. The number of fused-ring (bicyclic) bond motifs is 1. The zero-order valence-electron chi connectivity index (χ0n) is 10.1. The van der Waals surface area contributed by atoms with Gasteiger partial charge in [0.05, 0.1) is 19.5 Å². The standard InChI is InChI=1S/C12H18N4O/c1-17-12-6-13-5-11(15-12)16-7-9-3-2-4-14-10(9)8-16/h5-6,9-10,14H,2-4,7-8H2,1H3. The first-order chi connectivity index (χ1) is 8.36. The molecule has 17 heavy (non-hydrogen) atoms. The van der Waals surface area contributed by atoms with Gasteiger partial charge in [-0.3, -0.25) is 4.98 Å². The van der Waals surface area contributed by atoms with E-state index in [2.05, 4.69) is 20.2 Å². The van der Waals surface area contributed by atoms with Gasteiger partial charge < -0.3 is 15.0 Å². The first-order valence-electron chi connectivity index (χ1n) is 6.21. The van der Waals surface area contributed by atoms with Crippen LogP contribution in [0.4, 0.5) is 5.82 Å². The van der Waals surface area contributed by atoms with Crippen LogP contribution >= 0.6 is 0 Å². The molecule has 1 aromatic rings. The van der Waals surface area contributed by atoms with Gasteiger partial charge in [0, 0.05) is 19.1 Å².